The van der Waals surface area contributed by atoms with E-state index < -0.39 is 36.2 Å². The van der Waals surface area contributed by atoms with Crippen molar-refractivity contribution >= 4 is 11.7 Å². The van der Waals surface area contributed by atoms with Crippen LogP contribution in [0.25, 0.3) is 0 Å². The monoisotopic (exact) mass is 295 g/mol. The fourth-order valence-electron chi connectivity index (χ4n) is 1.22. The van der Waals surface area contributed by atoms with E-state index in [2.05, 4.69) is 4.74 Å². The lowest BCUT2D eigenvalue weighted by Gasteiger charge is -2.09. The summed E-state index contributed by atoms with van der Waals surface area (Å²) in [5, 5.41) is 19.4. The Morgan fingerprint density at radius 3 is 2.50 bits per heavy atom. The summed E-state index contributed by atoms with van der Waals surface area (Å²) in [6, 6.07) is 2.78. The Morgan fingerprint density at radius 1 is 1.35 bits per heavy atom. The SMILES string of the molecule is O=C(O)c1ccc(OCCOC(F)(F)F)c([N+](=O)[O-])c1. The Kier molecular flexibility index (Phi) is 4.86. The summed E-state index contributed by atoms with van der Waals surface area (Å²) >= 11 is 0. The van der Waals surface area contributed by atoms with Gasteiger partial charge in [-0.05, 0) is 12.1 Å². The predicted octanol–water partition coefficient (Wildman–Crippen LogP) is 2.21. The minimum absolute atomic E-state index is 0.337. The Morgan fingerprint density at radius 2 is 2.00 bits per heavy atom. The maximum atomic E-state index is 11.7. The molecule has 0 saturated carbocycles. The average Bonchev–Trinajstić information content (AvgIpc) is 2.33. The highest BCUT2D eigenvalue weighted by Gasteiger charge is 2.29. The maximum absolute atomic E-state index is 11.7. The summed E-state index contributed by atoms with van der Waals surface area (Å²) < 4.78 is 43.2. The van der Waals surface area contributed by atoms with Gasteiger partial charge in [0, 0.05) is 6.07 Å². The van der Waals surface area contributed by atoms with Crippen molar-refractivity contribution in [1.82, 2.24) is 0 Å². The van der Waals surface area contributed by atoms with Crippen molar-refractivity contribution in [2.45, 2.75) is 6.36 Å². The summed E-state index contributed by atoms with van der Waals surface area (Å²) in [6.07, 6.45) is -4.82. The lowest BCUT2D eigenvalue weighted by molar-refractivity contribution is -0.386. The number of nitro benzene ring substituents is 1. The molecule has 0 aliphatic carbocycles. The smallest absolute Gasteiger partial charge is 0.484 e. The van der Waals surface area contributed by atoms with Gasteiger partial charge < -0.3 is 9.84 Å². The molecule has 1 aromatic rings. The molecule has 1 N–H and O–H groups in total. The predicted molar refractivity (Wildman–Crippen MR) is 57.6 cm³/mol. The molecule has 0 radical (unpaired) electrons. The van der Waals surface area contributed by atoms with Crippen molar-refractivity contribution in [3.8, 4) is 5.75 Å². The van der Waals surface area contributed by atoms with Crippen LogP contribution in [0, 0.1) is 10.1 Å². The third kappa shape index (κ3) is 4.72. The van der Waals surface area contributed by atoms with Gasteiger partial charge in [-0.2, -0.15) is 0 Å². The fourth-order valence-corrected chi connectivity index (χ4v) is 1.22. The first-order chi connectivity index (χ1) is 9.20. The van der Waals surface area contributed by atoms with Gasteiger partial charge in [-0.1, -0.05) is 0 Å². The Bertz CT molecular complexity index is 516. The minimum Gasteiger partial charge on any atom is -0.484 e. The van der Waals surface area contributed by atoms with Crippen molar-refractivity contribution in [3.63, 3.8) is 0 Å². The van der Waals surface area contributed by atoms with Crippen LogP contribution in [0.15, 0.2) is 18.2 Å². The second-order valence-electron chi connectivity index (χ2n) is 3.39. The van der Waals surface area contributed by atoms with E-state index in [-0.39, 0.29) is 11.3 Å². The molecule has 0 atom stereocenters. The summed E-state index contributed by atoms with van der Waals surface area (Å²) in [7, 11) is 0. The number of carboxylic acids is 1. The Hall–Kier alpha value is -2.36. The quantitative estimate of drug-likeness (QED) is 0.490. The van der Waals surface area contributed by atoms with Crippen LogP contribution in [0.4, 0.5) is 18.9 Å². The number of ether oxygens (including phenoxy) is 2. The first-order valence-corrected chi connectivity index (χ1v) is 5.06. The van der Waals surface area contributed by atoms with Gasteiger partial charge in [0.1, 0.15) is 6.61 Å². The molecule has 0 amide bonds. The molecule has 0 bridgehead atoms. The molecule has 0 spiro atoms. The van der Waals surface area contributed by atoms with E-state index in [1.165, 1.54) is 0 Å². The van der Waals surface area contributed by atoms with Crippen LogP contribution in [-0.2, 0) is 4.74 Å². The van der Waals surface area contributed by atoms with Gasteiger partial charge in [0.25, 0.3) is 0 Å². The van der Waals surface area contributed by atoms with Crippen LogP contribution in [0.5, 0.6) is 5.75 Å². The van der Waals surface area contributed by atoms with Crippen LogP contribution < -0.4 is 4.74 Å². The van der Waals surface area contributed by atoms with E-state index in [1.807, 2.05) is 0 Å². The second-order valence-corrected chi connectivity index (χ2v) is 3.39. The normalized spacial score (nSPS) is 11.2. The van der Waals surface area contributed by atoms with E-state index >= 15 is 0 Å². The van der Waals surface area contributed by atoms with Crippen molar-refractivity contribution in [2.75, 3.05) is 13.2 Å². The van der Waals surface area contributed by atoms with Gasteiger partial charge in [0.15, 0.2) is 5.75 Å². The number of nitrogens with zero attached hydrogens (tertiary/aromatic N) is 1. The molecular formula is C10H8F3NO6. The third-order valence-corrected chi connectivity index (χ3v) is 2.01. The summed E-state index contributed by atoms with van der Waals surface area (Å²) in [5.41, 5.74) is -0.993. The number of rotatable bonds is 6. The molecule has 0 aromatic heterocycles. The van der Waals surface area contributed by atoms with Crippen molar-refractivity contribution in [3.05, 3.63) is 33.9 Å². The number of nitro groups is 1. The van der Waals surface area contributed by atoms with Gasteiger partial charge in [0.05, 0.1) is 17.1 Å². The molecule has 0 aliphatic heterocycles. The molecule has 10 heteroatoms. The van der Waals surface area contributed by atoms with Crippen LogP contribution in [0.3, 0.4) is 0 Å². The van der Waals surface area contributed by atoms with Gasteiger partial charge in [0.2, 0.25) is 0 Å². The number of carbonyl (C=O) groups is 1. The highest BCUT2D eigenvalue weighted by molar-refractivity contribution is 5.88. The molecule has 20 heavy (non-hydrogen) atoms. The number of benzene rings is 1. The molecule has 7 nitrogen and oxygen atoms in total. The van der Waals surface area contributed by atoms with E-state index in [9.17, 15) is 28.1 Å². The average molecular weight is 295 g/mol. The summed E-state index contributed by atoms with van der Waals surface area (Å²) in [5.74, 6) is -1.72. The number of hydrogen-bond acceptors (Lipinski definition) is 5. The molecule has 0 heterocycles. The van der Waals surface area contributed by atoms with Gasteiger partial charge in [-0.15, -0.1) is 13.2 Å². The van der Waals surface area contributed by atoms with E-state index in [4.69, 9.17) is 9.84 Å². The largest absolute Gasteiger partial charge is 0.522 e. The molecule has 0 aliphatic rings. The topological polar surface area (TPSA) is 98.9 Å². The first kappa shape index (κ1) is 15.7. The highest BCUT2D eigenvalue weighted by atomic mass is 19.4. The molecule has 1 rings (SSSR count). The van der Waals surface area contributed by atoms with Gasteiger partial charge in [-0.25, -0.2) is 4.79 Å². The zero-order valence-corrected chi connectivity index (χ0v) is 9.72. The maximum Gasteiger partial charge on any atom is 0.522 e. The molecule has 1 aromatic carbocycles. The van der Waals surface area contributed by atoms with Gasteiger partial charge in [-0.3, -0.25) is 14.9 Å². The Labute approximate surface area is 109 Å². The van der Waals surface area contributed by atoms with Crippen molar-refractivity contribution in [2.24, 2.45) is 0 Å². The molecule has 110 valence electrons. The van der Waals surface area contributed by atoms with Crippen LogP contribution in [-0.4, -0.2) is 35.6 Å². The Balaban J connectivity index is 2.75. The zero-order valence-electron chi connectivity index (χ0n) is 9.72. The lowest BCUT2D eigenvalue weighted by atomic mass is 10.2. The van der Waals surface area contributed by atoms with Crippen molar-refractivity contribution < 1.29 is 37.5 Å². The van der Waals surface area contributed by atoms with E-state index in [0.717, 1.165) is 18.2 Å². The molecule has 0 saturated heterocycles. The fraction of sp³-hybridized carbons (Fsp3) is 0.300. The summed E-state index contributed by atoms with van der Waals surface area (Å²) in [4.78, 5) is 20.5. The van der Waals surface area contributed by atoms with E-state index in [0.29, 0.717) is 0 Å². The highest BCUT2D eigenvalue weighted by Crippen LogP contribution is 2.28. The summed E-state index contributed by atoms with van der Waals surface area (Å²) in [6.45, 7) is -1.42. The standard InChI is InChI=1S/C10H8F3NO6/c11-10(12,13)20-4-3-19-8-2-1-6(9(15)16)5-7(8)14(17)18/h1-2,5H,3-4H2,(H,15,16). The van der Waals surface area contributed by atoms with Gasteiger partial charge >= 0.3 is 18.0 Å². The van der Waals surface area contributed by atoms with Crippen LogP contribution in [0.1, 0.15) is 10.4 Å². The van der Waals surface area contributed by atoms with Crippen LogP contribution in [0.2, 0.25) is 0 Å². The molecule has 0 fully saturated rings. The number of halogens is 3. The number of carboxylic acid groups (broad SMARTS) is 1. The second kappa shape index (κ2) is 6.19. The minimum atomic E-state index is -4.82. The molecule has 0 unspecified atom stereocenters. The third-order valence-electron chi connectivity index (χ3n) is 2.01. The lowest BCUT2D eigenvalue weighted by Crippen LogP contribution is -2.18. The zero-order chi connectivity index (χ0) is 15.3. The van der Waals surface area contributed by atoms with Crippen LogP contribution >= 0.6 is 0 Å². The molecular weight excluding hydrogens is 287 g/mol. The van der Waals surface area contributed by atoms with E-state index in [1.54, 1.807) is 0 Å². The number of alkyl halides is 3. The first-order valence-electron chi connectivity index (χ1n) is 5.06. The number of aromatic carboxylic acids is 1. The number of hydrogen-bond donors (Lipinski definition) is 1. The van der Waals surface area contributed by atoms with Crippen molar-refractivity contribution in [1.29, 1.82) is 0 Å².